The maximum Gasteiger partial charge on any atom is 0.416 e. The fourth-order valence-electron chi connectivity index (χ4n) is 2.77. The molecule has 0 spiro atoms. The molecule has 1 aliphatic rings. The van der Waals surface area contributed by atoms with Gasteiger partial charge in [-0.2, -0.15) is 13.2 Å². The van der Waals surface area contributed by atoms with Gasteiger partial charge in [0.1, 0.15) is 0 Å². The average Bonchev–Trinajstić information content (AvgIpc) is 2.60. The van der Waals surface area contributed by atoms with Gasteiger partial charge >= 0.3 is 6.18 Å². The topological polar surface area (TPSA) is 40.6 Å². The maximum atomic E-state index is 12.8. The average molecular weight is 354 g/mol. The minimum absolute atomic E-state index is 0.0108. The first kappa shape index (κ1) is 19.0. The van der Waals surface area contributed by atoms with Crippen molar-refractivity contribution in [1.82, 2.24) is 9.80 Å². The molecular weight excluding hydrogens is 333 g/mol. The molecular formula is C18H21F3N2O2. The van der Waals surface area contributed by atoms with Gasteiger partial charge in [0, 0.05) is 37.3 Å². The predicted molar refractivity (Wildman–Crippen MR) is 88.0 cm³/mol. The summed E-state index contributed by atoms with van der Waals surface area (Å²) in [6.45, 7) is 5.06. The monoisotopic (exact) mass is 354 g/mol. The van der Waals surface area contributed by atoms with Gasteiger partial charge in [-0.05, 0) is 31.5 Å². The molecule has 1 aromatic carbocycles. The van der Waals surface area contributed by atoms with Gasteiger partial charge in [0.05, 0.1) is 5.56 Å². The second kappa shape index (κ2) is 7.72. The molecule has 0 radical (unpaired) electrons. The molecule has 2 rings (SSSR count). The molecule has 4 nitrogen and oxygen atoms in total. The third-order valence-corrected chi connectivity index (χ3v) is 4.14. The van der Waals surface area contributed by atoms with Crippen LogP contribution in [0.25, 0.3) is 0 Å². The number of hydrogen-bond acceptors (Lipinski definition) is 2. The third kappa shape index (κ3) is 4.61. The first-order valence-corrected chi connectivity index (χ1v) is 8.16. The number of rotatable bonds is 3. The molecule has 0 unspecified atom stereocenters. The SMILES string of the molecule is CC/C=C(\C)C(=O)N1CCN(C(=O)c2cccc(C(F)(F)F)c2)CC1. The largest absolute Gasteiger partial charge is 0.416 e. The molecule has 0 atom stereocenters. The van der Waals surface area contributed by atoms with Crippen molar-refractivity contribution in [3.8, 4) is 0 Å². The highest BCUT2D eigenvalue weighted by atomic mass is 19.4. The summed E-state index contributed by atoms with van der Waals surface area (Å²) in [5, 5.41) is 0. The van der Waals surface area contributed by atoms with Crippen LogP contribution in [0.3, 0.4) is 0 Å². The van der Waals surface area contributed by atoms with Crippen LogP contribution >= 0.6 is 0 Å². The van der Waals surface area contributed by atoms with E-state index in [1.54, 1.807) is 11.8 Å². The molecule has 0 aromatic heterocycles. The van der Waals surface area contributed by atoms with E-state index >= 15 is 0 Å². The molecule has 1 saturated heterocycles. The number of benzene rings is 1. The summed E-state index contributed by atoms with van der Waals surface area (Å²) in [5.74, 6) is -0.507. The van der Waals surface area contributed by atoms with Crippen molar-refractivity contribution in [2.45, 2.75) is 26.4 Å². The Labute approximate surface area is 144 Å². The molecule has 0 bridgehead atoms. The van der Waals surface area contributed by atoms with Crippen LogP contribution in [0, 0.1) is 0 Å². The summed E-state index contributed by atoms with van der Waals surface area (Å²) in [4.78, 5) is 27.8. The smallest absolute Gasteiger partial charge is 0.335 e. The van der Waals surface area contributed by atoms with Gasteiger partial charge in [0.15, 0.2) is 0 Å². The highest BCUT2D eigenvalue weighted by Gasteiger charge is 2.32. The molecule has 7 heteroatoms. The zero-order valence-electron chi connectivity index (χ0n) is 14.3. The van der Waals surface area contributed by atoms with E-state index in [4.69, 9.17) is 0 Å². The zero-order valence-corrected chi connectivity index (χ0v) is 14.3. The Bertz CT molecular complexity index is 675. The molecule has 25 heavy (non-hydrogen) atoms. The van der Waals surface area contributed by atoms with Gasteiger partial charge < -0.3 is 9.80 Å². The molecule has 0 aliphatic carbocycles. The van der Waals surface area contributed by atoms with Crippen molar-refractivity contribution in [1.29, 1.82) is 0 Å². The van der Waals surface area contributed by atoms with Crippen molar-refractivity contribution in [2.75, 3.05) is 26.2 Å². The van der Waals surface area contributed by atoms with Gasteiger partial charge in [0.25, 0.3) is 5.91 Å². The number of halogens is 3. The van der Waals surface area contributed by atoms with Crippen molar-refractivity contribution in [3.05, 3.63) is 47.0 Å². The molecule has 136 valence electrons. The Kier molecular flexibility index (Phi) is 5.87. The third-order valence-electron chi connectivity index (χ3n) is 4.14. The molecule has 1 aromatic rings. The van der Waals surface area contributed by atoms with Crippen LogP contribution in [-0.4, -0.2) is 47.8 Å². The van der Waals surface area contributed by atoms with Gasteiger partial charge in [-0.1, -0.05) is 19.1 Å². The van der Waals surface area contributed by atoms with Gasteiger partial charge in [-0.3, -0.25) is 9.59 Å². The van der Waals surface area contributed by atoms with E-state index in [1.807, 2.05) is 13.0 Å². The second-order valence-electron chi connectivity index (χ2n) is 5.96. The molecule has 0 saturated carbocycles. The lowest BCUT2D eigenvalue weighted by molar-refractivity contribution is -0.137. The van der Waals surface area contributed by atoms with Crippen LogP contribution in [0.15, 0.2) is 35.9 Å². The quantitative estimate of drug-likeness (QED) is 0.781. The minimum Gasteiger partial charge on any atom is -0.335 e. The van der Waals surface area contributed by atoms with Crippen LogP contribution in [0.2, 0.25) is 0 Å². The highest BCUT2D eigenvalue weighted by molar-refractivity contribution is 5.95. The number of carbonyl (C=O) groups excluding carboxylic acids is 2. The predicted octanol–water partition coefficient (Wildman–Crippen LogP) is 3.35. The maximum absolute atomic E-state index is 12.8. The molecule has 0 N–H and O–H groups in total. The zero-order chi connectivity index (χ0) is 18.6. The van der Waals surface area contributed by atoms with E-state index < -0.39 is 17.6 Å². The Morgan fingerprint density at radius 1 is 1.12 bits per heavy atom. The van der Waals surface area contributed by atoms with E-state index in [0.29, 0.717) is 31.8 Å². The van der Waals surface area contributed by atoms with Crippen molar-refractivity contribution < 1.29 is 22.8 Å². The van der Waals surface area contributed by atoms with E-state index in [0.717, 1.165) is 18.6 Å². The van der Waals surface area contributed by atoms with Crippen molar-refractivity contribution in [3.63, 3.8) is 0 Å². The highest BCUT2D eigenvalue weighted by Crippen LogP contribution is 2.29. The lowest BCUT2D eigenvalue weighted by Crippen LogP contribution is -2.50. The number of amides is 2. The van der Waals surface area contributed by atoms with Crippen molar-refractivity contribution >= 4 is 11.8 Å². The molecule has 1 aliphatic heterocycles. The Balaban J connectivity index is 2.02. The van der Waals surface area contributed by atoms with Gasteiger partial charge in [-0.15, -0.1) is 0 Å². The fourth-order valence-corrected chi connectivity index (χ4v) is 2.77. The summed E-state index contributed by atoms with van der Waals surface area (Å²) >= 11 is 0. The lowest BCUT2D eigenvalue weighted by atomic mass is 10.1. The van der Waals surface area contributed by atoms with Crippen LogP contribution in [0.5, 0.6) is 0 Å². The standard InChI is InChI=1S/C18H21F3N2O2/c1-3-5-13(2)16(24)22-8-10-23(11-9-22)17(25)14-6-4-7-15(12-14)18(19,20)21/h4-7,12H,3,8-11H2,1-2H3/b13-5+. The first-order chi connectivity index (χ1) is 11.7. The Morgan fingerprint density at radius 3 is 2.28 bits per heavy atom. The first-order valence-electron chi connectivity index (χ1n) is 8.16. The lowest BCUT2D eigenvalue weighted by Gasteiger charge is -2.35. The molecule has 1 heterocycles. The van der Waals surface area contributed by atoms with Crippen LogP contribution in [-0.2, 0) is 11.0 Å². The van der Waals surface area contributed by atoms with E-state index in [9.17, 15) is 22.8 Å². The number of piperazine rings is 1. The molecule has 2 amide bonds. The molecule has 1 fully saturated rings. The van der Waals surface area contributed by atoms with Gasteiger partial charge in [0.2, 0.25) is 5.91 Å². The van der Waals surface area contributed by atoms with Crippen LogP contribution in [0.1, 0.15) is 36.2 Å². The minimum atomic E-state index is -4.48. The number of hydrogen-bond donors (Lipinski definition) is 0. The number of carbonyl (C=O) groups is 2. The second-order valence-corrected chi connectivity index (χ2v) is 5.96. The normalized spacial score (nSPS) is 16.1. The fraction of sp³-hybridized carbons (Fsp3) is 0.444. The number of nitrogens with zero attached hydrogens (tertiary/aromatic N) is 2. The summed E-state index contributed by atoms with van der Waals surface area (Å²) < 4.78 is 38.3. The summed E-state index contributed by atoms with van der Waals surface area (Å²) in [6, 6.07) is 4.42. The van der Waals surface area contributed by atoms with E-state index in [1.165, 1.54) is 17.0 Å². The summed E-state index contributed by atoms with van der Waals surface area (Å²) in [5.41, 5.74) is -0.163. The number of allylic oxidation sites excluding steroid dienone is 1. The van der Waals surface area contributed by atoms with Crippen LogP contribution < -0.4 is 0 Å². The Morgan fingerprint density at radius 2 is 1.72 bits per heavy atom. The summed E-state index contributed by atoms with van der Waals surface area (Å²) in [6.07, 6.45) is -1.86. The van der Waals surface area contributed by atoms with E-state index in [2.05, 4.69) is 0 Å². The van der Waals surface area contributed by atoms with Crippen molar-refractivity contribution in [2.24, 2.45) is 0 Å². The van der Waals surface area contributed by atoms with Crippen LogP contribution in [0.4, 0.5) is 13.2 Å². The summed E-state index contributed by atoms with van der Waals surface area (Å²) in [7, 11) is 0. The number of alkyl halides is 3. The van der Waals surface area contributed by atoms with Gasteiger partial charge in [-0.25, -0.2) is 0 Å². The van der Waals surface area contributed by atoms with E-state index in [-0.39, 0.29) is 11.5 Å². The Hall–Kier alpha value is -2.31.